The van der Waals surface area contributed by atoms with E-state index in [1.165, 1.54) is 12.3 Å². The first-order valence-electron chi connectivity index (χ1n) is 9.39. The van der Waals surface area contributed by atoms with Gasteiger partial charge in [0.15, 0.2) is 0 Å². The Kier molecular flexibility index (Phi) is 4.85. The summed E-state index contributed by atoms with van der Waals surface area (Å²) in [5.41, 5.74) is -0.252. The van der Waals surface area contributed by atoms with Crippen LogP contribution in [0, 0.1) is 5.92 Å². The zero-order valence-electron chi connectivity index (χ0n) is 15.4. The Morgan fingerprint density at radius 2 is 2.07 bits per heavy atom. The molecule has 1 aliphatic carbocycles. The highest BCUT2D eigenvalue weighted by Gasteiger charge is 2.47. The number of aromatic nitrogens is 2. The standard InChI is InChI=1S/C20H22N4O4/c25-18(26)15-4-5-16(23-12-15)22-11-14-6-8-20(9-7-14)13-24(19(27)28-20)17-3-1-2-10-21-17/h1-5,10,12,14H,6-9,11,13H2,(H,22,23)(H,25,26). The van der Waals surface area contributed by atoms with Crippen LogP contribution in [-0.2, 0) is 4.74 Å². The second-order valence-corrected chi connectivity index (χ2v) is 7.39. The molecule has 4 rings (SSSR count). The maximum absolute atomic E-state index is 12.3. The number of hydrogen-bond donors (Lipinski definition) is 2. The van der Waals surface area contributed by atoms with E-state index >= 15 is 0 Å². The van der Waals surface area contributed by atoms with Gasteiger partial charge in [0.2, 0.25) is 0 Å². The summed E-state index contributed by atoms with van der Waals surface area (Å²) in [6.07, 6.45) is 6.24. The van der Waals surface area contributed by atoms with E-state index < -0.39 is 11.6 Å². The average Bonchev–Trinajstić information content (AvgIpc) is 3.04. The molecule has 1 saturated carbocycles. The van der Waals surface area contributed by atoms with Crippen molar-refractivity contribution in [1.29, 1.82) is 0 Å². The molecule has 1 spiro atoms. The Balaban J connectivity index is 1.30. The van der Waals surface area contributed by atoms with Crippen molar-refractivity contribution in [2.75, 3.05) is 23.3 Å². The highest BCUT2D eigenvalue weighted by atomic mass is 16.6. The molecule has 2 aromatic heterocycles. The number of carbonyl (C=O) groups is 2. The first-order chi connectivity index (χ1) is 13.5. The van der Waals surface area contributed by atoms with Crippen LogP contribution in [0.25, 0.3) is 0 Å². The number of carboxylic acids is 1. The topological polar surface area (TPSA) is 105 Å². The molecule has 2 fully saturated rings. The molecule has 2 aliphatic rings. The van der Waals surface area contributed by atoms with Crippen molar-refractivity contribution in [2.24, 2.45) is 5.92 Å². The normalized spacial score (nSPS) is 24.2. The minimum atomic E-state index is -0.984. The highest BCUT2D eigenvalue weighted by Crippen LogP contribution is 2.40. The summed E-state index contributed by atoms with van der Waals surface area (Å²) in [4.78, 5) is 33.2. The Morgan fingerprint density at radius 1 is 1.25 bits per heavy atom. The minimum Gasteiger partial charge on any atom is -0.478 e. The van der Waals surface area contributed by atoms with Gasteiger partial charge in [0.05, 0.1) is 12.1 Å². The molecule has 3 heterocycles. The Labute approximate surface area is 162 Å². The van der Waals surface area contributed by atoms with Crippen LogP contribution < -0.4 is 10.2 Å². The third-order valence-electron chi connectivity index (χ3n) is 5.49. The fourth-order valence-corrected chi connectivity index (χ4v) is 3.86. The van der Waals surface area contributed by atoms with Crippen molar-refractivity contribution in [2.45, 2.75) is 31.3 Å². The summed E-state index contributed by atoms with van der Waals surface area (Å²) >= 11 is 0. The molecule has 0 aromatic carbocycles. The number of pyridine rings is 2. The number of hydrogen-bond acceptors (Lipinski definition) is 6. The first kappa shape index (κ1) is 18.2. The maximum Gasteiger partial charge on any atom is 0.416 e. The molecule has 1 saturated heterocycles. The quantitative estimate of drug-likeness (QED) is 0.818. The van der Waals surface area contributed by atoms with Gasteiger partial charge in [-0.1, -0.05) is 6.07 Å². The van der Waals surface area contributed by atoms with Crippen molar-refractivity contribution in [1.82, 2.24) is 9.97 Å². The molecule has 8 heteroatoms. The third kappa shape index (κ3) is 3.76. The van der Waals surface area contributed by atoms with E-state index in [1.807, 2.05) is 18.2 Å². The second-order valence-electron chi connectivity index (χ2n) is 7.39. The number of aromatic carboxylic acids is 1. The molecule has 1 aliphatic heterocycles. The molecule has 146 valence electrons. The molecule has 8 nitrogen and oxygen atoms in total. The minimum absolute atomic E-state index is 0.172. The first-order valence-corrected chi connectivity index (χ1v) is 9.39. The predicted molar refractivity (Wildman–Crippen MR) is 102 cm³/mol. The van der Waals surface area contributed by atoms with Crippen LogP contribution in [0.1, 0.15) is 36.0 Å². The van der Waals surface area contributed by atoms with E-state index in [4.69, 9.17) is 9.84 Å². The van der Waals surface area contributed by atoms with Crippen molar-refractivity contribution in [3.8, 4) is 0 Å². The van der Waals surface area contributed by atoms with Crippen LogP contribution in [0.5, 0.6) is 0 Å². The summed E-state index contributed by atoms with van der Waals surface area (Å²) in [5.74, 6) is 0.764. The number of carboxylic acid groups (broad SMARTS) is 1. The Hall–Kier alpha value is -3.16. The maximum atomic E-state index is 12.3. The summed E-state index contributed by atoms with van der Waals surface area (Å²) in [7, 11) is 0. The fourth-order valence-electron chi connectivity index (χ4n) is 3.86. The fraction of sp³-hybridized carbons (Fsp3) is 0.400. The summed E-state index contributed by atoms with van der Waals surface area (Å²) in [6.45, 7) is 1.30. The average molecular weight is 382 g/mol. The number of anilines is 2. The van der Waals surface area contributed by atoms with Crippen molar-refractivity contribution >= 4 is 23.7 Å². The van der Waals surface area contributed by atoms with Gasteiger partial charge in [0, 0.05) is 18.9 Å². The molecule has 0 atom stereocenters. The molecule has 0 unspecified atom stereocenters. The Bertz CT molecular complexity index is 848. The van der Waals surface area contributed by atoms with Gasteiger partial charge in [-0.3, -0.25) is 4.90 Å². The van der Waals surface area contributed by atoms with Crippen LogP contribution in [0.3, 0.4) is 0 Å². The summed E-state index contributed by atoms with van der Waals surface area (Å²) in [6, 6.07) is 8.72. The van der Waals surface area contributed by atoms with Crippen molar-refractivity contribution < 1.29 is 19.4 Å². The van der Waals surface area contributed by atoms with Gasteiger partial charge in [-0.15, -0.1) is 0 Å². The van der Waals surface area contributed by atoms with Crippen LogP contribution in [-0.4, -0.2) is 45.8 Å². The molecular weight excluding hydrogens is 360 g/mol. The summed E-state index contributed by atoms with van der Waals surface area (Å²) in [5, 5.41) is 12.2. The molecular formula is C20H22N4O4. The lowest BCUT2D eigenvalue weighted by Crippen LogP contribution is -2.39. The van der Waals surface area contributed by atoms with Gasteiger partial charge < -0.3 is 15.2 Å². The van der Waals surface area contributed by atoms with Gasteiger partial charge in [-0.25, -0.2) is 19.6 Å². The van der Waals surface area contributed by atoms with Gasteiger partial charge in [-0.05, 0) is 55.9 Å². The molecule has 2 aromatic rings. The van der Waals surface area contributed by atoms with Crippen molar-refractivity contribution in [3.05, 3.63) is 48.3 Å². The molecule has 1 amide bonds. The molecule has 28 heavy (non-hydrogen) atoms. The van der Waals surface area contributed by atoms with Crippen LogP contribution in [0.15, 0.2) is 42.7 Å². The Morgan fingerprint density at radius 3 is 2.71 bits per heavy atom. The lowest BCUT2D eigenvalue weighted by atomic mass is 9.78. The zero-order valence-corrected chi connectivity index (χ0v) is 15.4. The van der Waals surface area contributed by atoms with Crippen LogP contribution >= 0.6 is 0 Å². The SMILES string of the molecule is O=C(O)c1ccc(NCC2CCC3(CC2)CN(c2ccccn2)C(=O)O3)nc1. The molecule has 0 bridgehead atoms. The van der Waals surface area contributed by atoms with E-state index in [0.717, 1.165) is 32.2 Å². The summed E-state index contributed by atoms with van der Waals surface area (Å²) < 4.78 is 5.76. The lowest BCUT2D eigenvalue weighted by molar-refractivity contribution is 0.0148. The van der Waals surface area contributed by atoms with E-state index in [-0.39, 0.29) is 11.7 Å². The molecule has 2 N–H and O–H groups in total. The largest absolute Gasteiger partial charge is 0.478 e. The van der Waals surface area contributed by atoms with E-state index in [9.17, 15) is 9.59 Å². The number of nitrogens with zero attached hydrogens (tertiary/aromatic N) is 3. The van der Waals surface area contributed by atoms with Gasteiger partial charge in [0.25, 0.3) is 0 Å². The highest BCUT2D eigenvalue weighted by molar-refractivity contribution is 5.89. The van der Waals surface area contributed by atoms with Crippen LogP contribution in [0.4, 0.5) is 16.4 Å². The number of amides is 1. The number of nitrogens with one attached hydrogen (secondary N) is 1. The van der Waals surface area contributed by atoms with Crippen molar-refractivity contribution in [3.63, 3.8) is 0 Å². The van der Waals surface area contributed by atoms with Gasteiger partial charge >= 0.3 is 12.1 Å². The number of rotatable bonds is 5. The number of carbonyl (C=O) groups excluding carboxylic acids is 1. The van der Waals surface area contributed by atoms with Crippen LogP contribution in [0.2, 0.25) is 0 Å². The molecule has 0 radical (unpaired) electrons. The monoisotopic (exact) mass is 382 g/mol. The van der Waals surface area contributed by atoms with E-state index in [2.05, 4.69) is 15.3 Å². The second kappa shape index (κ2) is 7.46. The smallest absolute Gasteiger partial charge is 0.416 e. The van der Waals surface area contributed by atoms with E-state index in [0.29, 0.717) is 24.1 Å². The lowest BCUT2D eigenvalue weighted by Gasteiger charge is -2.35. The van der Waals surface area contributed by atoms with Gasteiger partial charge in [0.1, 0.15) is 17.2 Å². The van der Waals surface area contributed by atoms with Gasteiger partial charge in [-0.2, -0.15) is 0 Å². The predicted octanol–water partition coefficient (Wildman–Crippen LogP) is 3.17. The van der Waals surface area contributed by atoms with E-state index in [1.54, 1.807) is 17.2 Å². The zero-order chi connectivity index (χ0) is 19.6. The third-order valence-corrected chi connectivity index (χ3v) is 5.49. The number of ether oxygens (including phenoxy) is 1.